The lowest BCUT2D eigenvalue weighted by molar-refractivity contribution is 0.0922. The third kappa shape index (κ3) is 5.11. The molecule has 6 nitrogen and oxygen atoms in total. The summed E-state index contributed by atoms with van der Waals surface area (Å²) in [4.78, 5) is 14.9. The average Bonchev–Trinajstić information content (AvgIpc) is 2.64. The van der Waals surface area contributed by atoms with Crippen molar-refractivity contribution in [1.82, 2.24) is 10.2 Å². The second kappa shape index (κ2) is 9.49. The van der Waals surface area contributed by atoms with E-state index in [0.29, 0.717) is 29.5 Å². The van der Waals surface area contributed by atoms with Gasteiger partial charge in [0.15, 0.2) is 0 Å². The smallest absolute Gasteiger partial charge is 0.255 e. The lowest BCUT2D eigenvalue weighted by Crippen LogP contribution is -2.39. The van der Waals surface area contributed by atoms with Crippen LogP contribution in [0.3, 0.4) is 0 Å². The number of piperidine rings is 1. The number of hydrogen-bond donors (Lipinski definition) is 1. The molecular formula is C18H28N2O4. The number of nitrogens with zero attached hydrogens (tertiary/aromatic N) is 1. The number of nitrogens with one attached hydrogen (secondary N) is 1. The molecule has 0 aromatic heterocycles. The van der Waals surface area contributed by atoms with Crippen LogP contribution in [0.5, 0.6) is 11.5 Å². The zero-order valence-electron chi connectivity index (χ0n) is 14.8. The van der Waals surface area contributed by atoms with E-state index < -0.39 is 0 Å². The van der Waals surface area contributed by atoms with Crippen LogP contribution in [0.1, 0.15) is 23.2 Å². The van der Waals surface area contributed by atoms with Gasteiger partial charge in [0, 0.05) is 20.2 Å². The number of amides is 1. The largest absolute Gasteiger partial charge is 0.497 e. The SMILES string of the molecule is COCCN1CCC(CNC(=O)c2cc(OC)ccc2OC)CC1. The molecule has 0 unspecified atom stereocenters. The first-order chi connectivity index (χ1) is 11.7. The van der Waals surface area contributed by atoms with Gasteiger partial charge < -0.3 is 24.4 Å². The summed E-state index contributed by atoms with van der Waals surface area (Å²) < 4.78 is 15.6. The minimum atomic E-state index is -0.118. The molecule has 1 heterocycles. The Labute approximate surface area is 144 Å². The van der Waals surface area contributed by atoms with Crippen LogP contribution in [-0.2, 0) is 4.74 Å². The van der Waals surface area contributed by atoms with Gasteiger partial charge in [0.1, 0.15) is 11.5 Å². The molecule has 0 spiro atoms. The van der Waals surface area contributed by atoms with Crippen LogP contribution in [0, 0.1) is 5.92 Å². The van der Waals surface area contributed by atoms with Gasteiger partial charge in [-0.3, -0.25) is 4.79 Å². The first kappa shape index (κ1) is 18.5. The molecule has 1 fully saturated rings. The molecular weight excluding hydrogens is 308 g/mol. The maximum Gasteiger partial charge on any atom is 0.255 e. The summed E-state index contributed by atoms with van der Waals surface area (Å²) in [6, 6.07) is 5.24. The molecule has 2 rings (SSSR count). The minimum Gasteiger partial charge on any atom is -0.497 e. The summed E-state index contributed by atoms with van der Waals surface area (Å²) in [6.07, 6.45) is 2.19. The quantitative estimate of drug-likeness (QED) is 0.784. The molecule has 1 aromatic rings. The Hall–Kier alpha value is -1.79. The van der Waals surface area contributed by atoms with E-state index >= 15 is 0 Å². The minimum absolute atomic E-state index is 0.118. The topological polar surface area (TPSA) is 60.0 Å². The molecule has 1 aliphatic heterocycles. The van der Waals surface area contributed by atoms with Crippen LogP contribution in [0.2, 0.25) is 0 Å². The van der Waals surface area contributed by atoms with Gasteiger partial charge >= 0.3 is 0 Å². The number of ether oxygens (including phenoxy) is 3. The summed E-state index contributed by atoms with van der Waals surface area (Å²) in [5.74, 6) is 1.60. The molecule has 0 bridgehead atoms. The number of carbonyl (C=O) groups is 1. The van der Waals surface area contributed by atoms with Crippen molar-refractivity contribution in [2.45, 2.75) is 12.8 Å². The van der Waals surface area contributed by atoms with E-state index in [1.807, 2.05) is 0 Å². The van der Waals surface area contributed by atoms with Gasteiger partial charge in [-0.15, -0.1) is 0 Å². The van der Waals surface area contributed by atoms with Gasteiger partial charge in [0.05, 0.1) is 26.4 Å². The molecule has 1 N–H and O–H groups in total. The maximum atomic E-state index is 12.5. The van der Waals surface area contributed by atoms with E-state index in [0.717, 1.165) is 39.1 Å². The van der Waals surface area contributed by atoms with Crippen LogP contribution in [-0.4, -0.2) is 64.9 Å². The molecule has 1 aliphatic rings. The van der Waals surface area contributed by atoms with Crippen LogP contribution in [0.4, 0.5) is 0 Å². The van der Waals surface area contributed by atoms with Crippen LogP contribution in [0.15, 0.2) is 18.2 Å². The highest BCUT2D eigenvalue weighted by molar-refractivity contribution is 5.97. The van der Waals surface area contributed by atoms with Crippen molar-refractivity contribution in [3.63, 3.8) is 0 Å². The van der Waals surface area contributed by atoms with E-state index in [4.69, 9.17) is 14.2 Å². The number of rotatable bonds is 8. The summed E-state index contributed by atoms with van der Waals surface area (Å²) in [6.45, 7) is 4.57. The Morgan fingerprint density at radius 1 is 1.21 bits per heavy atom. The highest BCUT2D eigenvalue weighted by atomic mass is 16.5. The van der Waals surface area contributed by atoms with Crippen LogP contribution < -0.4 is 14.8 Å². The fourth-order valence-electron chi connectivity index (χ4n) is 2.96. The fourth-order valence-corrected chi connectivity index (χ4v) is 2.96. The molecule has 6 heteroatoms. The predicted octanol–water partition coefficient (Wildman–Crippen LogP) is 1.79. The summed E-state index contributed by atoms with van der Waals surface area (Å²) in [5.41, 5.74) is 0.509. The van der Waals surface area contributed by atoms with E-state index in [9.17, 15) is 4.79 Å². The van der Waals surface area contributed by atoms with Gasteiger partial charge in [-0.25, -0.2) is 0 Å². The van der Waals surface area contributed by atoms with Gasteiger partial charge in [-0.2, -0.15) is 0 Å². The zero-order chi connectivity index (χ0) is 17.4. The number of likely N-dealkylation sites (tertiary alicyclic amines) is 1. The van der Waals surface area contributed by atoms with Crippen molar-refractivity contribution in [2.24, 2.45) is 5.92 Å². The lowest BCUT2D eigenvalue weighted by Gasteiger charge is -2.31. The summed E-state index contributed by atoms with van der Waals surface area (Å²) in [5, 5.41) is 3.04. The van der Waals surface area contributed by atoms with Crippen LogP contribution in [0.25, 0.3) is 0 Å². The van der Waals surface area contributed by atoms with E-state index in [1.165, 1.54) is 0 Å². The third-order valence-corrected chi connectivity index (χ3v) is 4.52. The van der Waals surface area contributed by atoms with Gasteiger partial charge in [0.2, 0.25) is 0 Å². The number of carbonyl (C=O) groups excluding carboxylic acids is 1. The molecule has 1 saturated heterocycles. The Balaban J connectivity index is 1.83. The molecule has 24 heavy (non-hydrogen) atoms. The molecule has 0 saturated carbocycles. The van der Waals surface area contributed by atoms with Gasteiger partial charge in [0.25, 0.3) is 5.91 Å². The van der Waals surface area contributed by atoms with E-state index in [1.54, 1.807) is 39.5 Å². The highest BCUT2D eigenvalue weighted by Crippen LogP contribution is 2.24. The maximum absolute atomic E-state index is 12.5. The molecule has 1 amide bonds. The van der Waals surface area contributed by atoms with Crippen molar-refractivity contribution in [3.05, 3.63) is 23.8 Å². The molecule has 134 valence electrons. The van der Waals surface area contributed by atoms with E-state index in [-0.39, 0.29) is 5.91 Å². The second-order valence-corrected chi connectivity index (χ2v) is 6.05. The molecule has 0 aliphatic carbocycles. The first-order valence-corrected chi connectivity index (χ1v) is 8.39. The number of hydrogen-bond acceptors (Lipinski definition) is 5. The molecule has 1 aromatic carbocycles. The number of benzene rings is 1. The normalized spacial score (nSPS) is 16.0. The van der Waals surface area contributed by atoms with Gasteiger partial charge in [-0.05, 0) is 50.0 Å². The number of methoxy groups -OCH3 is 3. The summed E-state index contributed by atoms with van der Waals surface area (Å²) >= 11 is 0. The highest BCUT2D eigenvalue weighted by Gasteiger charge is 2.20. The summed E-state index contributed by atoms with van der Waals surface area (Å²) in [7, 11) is 4.88. The molecule has 0 atom stereocenters. The van der Waals surface area contributed by atoms with Crippen molar-refractivity contribution < 1.29 is 19.0 Å². The monoisotopic (exact) mass is 336 g/mol. The Morgan fingerprint density at radius 3 is 2.58 bits per heavy atom. The standard InChI is InChI=1S/C18H28N2O4/c1-22-11-10-20-8-6-14(7-9-20)13-19-18(21)16-12-15(23-2)4-5-17(16)24-3/h4-5,12,14H,6-11,13H2,1-3H3,(H,19,21). The second-order valence-electron chi connectivity index (χ2n) is 6.05. The Kier molecular flexibility index (Phi) is 7.34. The van der Waals surface area contributed by atoms with E-state index in [2.05, 4.69) is 10.2 Å². The zero-order valence-corrected chi connectivity index (χ0v) is 14.8. The first-order valence-electron chi connectivity index (χ1n) is 8.39. The van der Waals surface area contributed by atoms with Gasteiger partial charge in [-0.1, -0.05) is 0 Å². The predicted molar refractivity (Wildman–Crippen MR) is 92.9 cm³/mol. The van der Waals surface area contributed by atoms with Crippen molar-refractivity contribution in [3.8, 4) is 11.5 Å². The fraction of sp³-hybridized carbons (Fsp3) is 0.611. The van der Waals surface area contributed by atoms with Crippen molar-refractivity contribution in [2.75, 3.05) is 54.1 Å². The average molecular weight is 336 g/mol. The lowest BCUT2D eigenvalue weighted by atomic mass is 9.96. The molecule has 0 radical (unpaired) electrons. The van der Waals surface area contributed by atoms with Crippen molar-refractivity contribution in [1.29, 1.82) is 0 Å². The van der Waals surface area contributed by atoms with Crippen LogP contribution >= 0.6 is 0 Å². The Bertz CT molecular complexity index is 528. The Morgan fingerprint density at radius 2 is 1.96 bits per heavy atom. The van der Waals surface area contributed by atoms with Crippen molar-refractivity contribution >= 4 is 5.91 Å². The third-order valence-electron chi connectivity index (χ3n) is 4.52.